The molecule has 2 aromatic rings. The van der Waals surface area contributed by atoms with Crippen LogP contribution in [-0.4, -0.2) is 56.9 Å². The topological polar surface area (TPSA) is 57.9 Å². The second-order valence-corrected chi connectivity index (χ2v) is 9.67. The number of amides is 2. The molecule has 0 aromatic carbocycles. The van der Waals surface area contributed by atoms with Gasteiger partial charge in [-0.3, -0.25) is 9.59 Å². The maximum absolute atomic E-state index is 13.7. The lowest BCUT2D eigenvalue weighted by atomic mass is 10.1. The molecular formula is C22H24ClF3N4O2. The molecule has 32 heavy (non-hydrogen) atoms. The van der Waals surface area contributed by atoms with Gasteiger partial charge in [-0.1, -0.05) is 18.5 Å². The van der Waals surface area contributed by atoms with Crippen LogP contribution < -0.4 is 0 Å². The number of fused-ring (bicyclic) bond motifs is 1. The van der Waals surface area contributed by atoms with Gasteiger partial charge < -0.3 is 9.80 Å². The standard InChI is InChI=1S/C22H24ClF3N4O2/c1-12-2-5-15(8-12)29-7-6-28(11-18(29)31)21(32)20-19(23)16-9-14(13-3-4-13)10-17(22(24,25)26)30(16)27-20/h9-10,12-13,15H,2-8,11H2,1H3. The molecule has 172 valence electrons. The van der Waals surface area contributed by atoms with Crippen LogP contribution in [0.1, 0.15) is 66.7 Å². The smallest absolute Gasteiger partial charge is 0.336 e. The van der Waals surface area contributed by atoms with Gasteiger partial charge in [0.25, 0.3) is 5.91 Å². The molecule has 1 aliphatic heterocycles. The van der Waals surface area contributed by atoms with E-state index in [4.69, 9.17) is 11.6 Å². The molecule has 0 spiro atoms. The van der Waals surface area contributed by atoms with Gasteiger partial charge in [0.1, 0.15) is 12.2 Å². The molecule has 5 rings (SSSR count). The number of hydrogen-bond acceptors (Lipinski definition) is 3. The largest absolute Gasteiger partial charge is 0.433 e. The van der Waals surface area contributed by atoms with Crippen LogP contribution in [0.15, 0.2) is 12.1 Å². The molecule has 6 nitrogen and oxygen atoms in total. The minimum atomic E-state index is -4.64. The van der Waals surface area contributed by atoms with Crippen LogP contribution in [0, 0.1) is 5.92 Å². The third-order valence-electron chi connectivity index (χ3n) is 6.89. The number of rotatable bonds is 3. The maximum atomic E-state index is 13.7. The summed E-state index contributed by atoms with van der Waals surface area (Å²) >= 11 is 6.38. The predicted octanol–water partition coefficient (Wildman–Crippen LogP) is 4.36. The van der Waals surface area contributed by atoms with Crippen molar-refractivity contribution < 1.29 is 22.8 Å². The minimum Gasteiger partial charge on any atom is -0.336 e. The maximum Gasteiger partial charge on any atom is 0.433 e. The molecule has 1 saturated heterocycles. The van der Waals surface area contributed by atoms with E-state index >= 15 is 0 Å². The Morgan fingerprint density at radius 2 is 1.91 bits per heavy atom. The number of pyridine rings is 1. The summed E-state index contributed by atoms with van der Waals surface area (Å²) in [5.41, 5.74) is -0.577. The van der Waals surface area contributed by atoms with Crippen LogP contribution in [0.2, 0.25) is 5.02 Å². The van der Waals surface area contributed by atoms with Crippen molar-refractivity contribution in [1.82, 2.24) is 19.4 Å². The molecule has 2 unspecified atom stereocenters. The highest BCUT2D eigenvalue weighted by Gasteiger charge is 2.39. The molecule has 10 heteroatoms. The van der Waals surface area contributed by atoms with Crippen molar-refractivity contribution in [2.45, 2.75) is 57.2 Å². The van der Waals surface area contributed by atoms with Crippen molar-refractivity contribution in [3.63, 3.8) is 0 Å². The molecule has 2 atom stereocenters. The highest BCUT2D eigenvalue weighted by molar-refractivity contribution is 6.36. The van der Waals surface area contributed by atoms with E-state index in [1.54, 1.807) is 6.07 Å². The summed E-state index contributed by atoms with van der Waals surface area (Å²) in [4.78, 5) is 29.0. The molecule has 2 amide bonds. The summed E-state index contributed by atoms with van der Waals surface area (Å²) < 4.78 is 41.8. The Balaban J connectivity index is 1.43. The fraction of sp³-hybridized carbons (Fsp3) is 0.591. The summed E-state index contributed by atoms with van der Waals surface area (Å²) in [6, 6.07) is 2.87. The Morgan fingerprint density at radius 3 is 2.50 bits per heavy atom. The zero-order chi connectivity index (χ0) is 22.8. The molecule has 2 aromatic heterocycles. The van der Waals surface area contributed by atoms with Crippen LogP contribution in [0.5, 0.6) is 0 Å². The highest BCUT2D eigenvalue weighted by Crippen LogP contribution is 2.43. The second kappa shape index (κ2) is 7.64. The number of piperazine rings is 1. The number of alkyl halides is 3. The normalized spacial score (nSPS) is 24.6. The Morgan fingerprint density at radius 1 is 1.16 bits per heavy atom. The molecule has 3 aliphatic rings. The zero-order valence-corrected chi connectivity index (χ0v) is 18.4. The Bertz CT molecular complexity index is 1100. The fourth-order valence-corrected chi connectivity index (χ4v) is 5.24. The zero-order valence-electron chi connectivity index (χ0n) is 17.7. The predicted molar refractivity (Wildman–Crippen MR) is 112 cm³/mol. The van der Waals surface area contributed by atoms with E-state index in [0.717, 1.165) is 38.2 Å². The first kappa shape index (κ1) is 21.6. The van der Waals surface area contributed by atoms with Crippen LogP contribution >= 0.6 is 11.6 Å². The minimum absolute atomic E-state index is 0.0663. The van der Waals surface area contributed by atoms with Gasteiger partial charge in [0.2, 0.25) is 5.91 Å². The first-order valence-corrected chi connectivity index (χ1v) is 11.4. The first-order chi connectivity index (χ1) is 15.1. The lowest BCUT2D eigenvalue weighted by Gasteiger charge is -2.37. The van der Waals surface area contributed by atoms with Crippen LogP contribution in [0.3, 0.4) is 0 Å². The van der Waals surface area contributed by atoms with Gasteiger partial charge in [-0.2, -0.15) is 18.3 Å². The number of carbonyl (C=O) groups is 2. The SMILES string of the molecule is CC1CCC(N2CCN(C(=O)c3nn4c(C(F)(F)F)cc(C5CC5)cc4c3Cl)CC2=O)C1. The summed E-state index contributed by atoms with van der Waals surface area (Å²) in [5, 5.41) is 3.85. The monoisotopic (exact) mass is 468 g/mol. The lowest BCUT2D eigenvalue weighted by molar-refractivity contribution is -0.142. The van der Waals surface area contributed by atoms with E-state index in [9.17, 15) is 22.8 Å². The summed E-state index contributed by atoms with van der Waals surface area (Å²) in [6.07, 6.45) is 0.0235. The molecule has 3 heterocycles. The van der Waals surface area contributed by atoms with E-state index in [-0.39, 0.29) is 40.6 Å². The number of aromatic nitrogens is 2. The molecule has 0 N–H and O–H groups in total. The van der Waals surface area contributed by atoms with Gasteiger partial charge >= 0.3 is 6.18 Å². The van der Waals surface area contributed by atoms with Crippen molar-refractivity contribution in [3.05, 3.63) is 34.1 Å². The number of nitrogens with zero attached hydrogens (tertiary/aromatic N) is 4. The molecule has 0 bridgehead atoms. The molecule has 3 fully saturated rings. The van der Waals surface area contributed by atoms with Crippen molar-refractivity contribution >= 4 is 28.9 Å². The summed E-state index contributed by atoms with van der Waals surface area (Å²) in [5.74, 6) is -0.106. The summed E-state index contributed by atoms with van der Waals surface area (Å²) in [6.45, 7) is 2.76. The van der Waals surface area contributed by atoms with E-state index in [1.165, 1.54) is 4.90 Å². The van der Waals surface area contributed by atoms with Crippen LogP contribution in [0.4, 0.5) is 13.2 Å². The number of halogens is 4. The van der Waals surface area contributed by atoms with Gasteiger partial charge in [-0.05, 0) is 61.6 Å². The average Bonchev–Trinajstić information content (AvgIpc) is 3.42. The van der Waals surface area contributed by atoms with E-state index < -0.39 is 17.8 Å². The van der Waals surface area contributed by atoms with Crippen molar-refractivity contribution in [2.24, 2.45) is 5.92 Å². The molecule has 0 radical (unpaired) electrons. The Hall–Kier alpha value is -2.29. The van der Waals surface area contributed by atoms with Gasteiger partial charge in [0, 0.05) is 19.1 Å². The van der Waals surface area contributed by atoms with Crippen molar-refractivity contribution in [1.29, 1.82) is 0 Å². The lowest BCUT2D eigenvalue weighted by Crippen LogP contribution is -2.55. The van der Waals surface area contributed by atoms with Gasteiger partial charge in [-0.15, -0.1) is 0 Å². The Labute approximate surface area is 188 Å². The Kier molecular flexibility index (Phi) is 5.15. The first-order valence-electron chi connectivity index (χ1n) is 11.0. The van der Waals surface area contributed by atoms with E-state index in [1.807, 2.05) is 4.90 Å². The molecular weight excluding hydrogens is 445 g/mol. The molecule has 2 aliphatic carbocycles. The van der Waals surface area contributed by atoms with Crippen LogP contribution in [0.25, 0.3) is 5.52 Å². The van der Waals surface area contributed by atoms with Gasteiger partial charge in [0.05, 0.1) is 10.5 Å². The highest BCUT2D eigenvalue weighted by atomic mass is 35.5. The number of hydrogen-bond donors (Lipinski definition) is 0. The van der Waals surface area contributed by atoms with Gasteiger partial charge in [0.15, 0.2) is 5.69 Å². The van der Waals surface area contributed by atoms with Crippen LogP contribution in [-0.2, 0) is 11.0 Å². The van der Waals surface area contributed by atoms with E-state index in [2.05, 4.69) is 12.0 Å². The quantitative estimate of drug-likeness (QED) is 0.672. The van der Waals surface area contributed by atoms with Crippen molar-refractivity contribution in [2.75, 3.05) is 19.6 Å². The summed E-state index contributed by atoms with van der Waals surface area (Å²) in [7, 11) is 0. The fourth-order valence-electron chi connectivity index (χ4n) is 4.99. The number of carbonyl (C=O) groups excluding carboxylic acids is 2. The third kappa shape index (κ3) is 3.74. The second-order valence-electron chi connectivity index (χ2n) is 9.29. The van der Waals surface area contributed by atoms with E-state index in [0.29, 0.717) is 29.1 Å². The van der Waals surface area contributed by atoms with Gasteiger partial charge in [-0.25, -0.2) is 4.52 Å². The van der Waals surface area contributed by atoms with Crippen molar-refractivity contribution in [3.8, 4) is 0 Å². The average molecular weight is 469 g/mol. The molecule has 2 saturated carbocycles. The third-order valence-corrected chi connectivity index (χ3v) is 7.26.